The number of alkyl halides is 3. The molecule has 0 unspecified atom stereocenters. The molecule has 1 fully saturated rings. The van der Waals surface area contributed by atoms with Crippen molar-refractivity contribution in [2.45, 2.75) is 19.7 Å². The van der Waals surface area contributed by atoms with Gasteiger partial charge in [0.25, 0.3) is 5.91 Å². The highest BCUT2D eigenvalue weighted by atomic mass is 19.4. The molecule has 1 saturated heterocycles. The van der Waals surface area contributed by atoms with Crippen molar-refractivity contribution in [1.82, 2.24) is 15.0 Å². The molecule has 7 nitrogen and oxygen atoms in total. The second-order valence-electron chi connectivity index (χ2n) is 7.43. The van der Waals surface area contributed by atoms with Crippen molar-refractivity contribution in [1.29, 1.82) is 0 Å². The molecular weight excluding hydrogens is 423 g/mol. The van der Waals surface area contributed by atoms with Crippen LogP contribution < -0.4 is 15.0 Å². The van der Waals surface area contributed by atoms with Crippen LogP contribution >= 0.6 is 0 Å². The first kappa shape index (κ1) is 21.5. The van der Waals surface area contributed by atoms with Crippen LogP contribution in [0.1, 0.15) is 23.7 Å². The molecule has 1 amide bonds. The van der Waals surface area contributed by atoms with E-state index in [4.69, 9.17) is 0 Å². The Balaban J connectivity index is 1.55. The molecule has 0 spiro atoms. The molecule has 0 bridgehead atoms. The fourth-order valence-electron chi connectivity index (χ4n) is 3.43. The highest BCUT2D eigenvalue weighted by Gasteiger charge is 2.31. The fourth-order valence-corrected chi connectivity index (χ4v) is 3.43. The number of benzene rings is 1. The molecule has 4 rings (SSSR count). The first-order chi connectivity index (χ1) is 15.3. The number of amides is 1. The number of ether oxygens (including phenoxy) is 1. The van der Waals surface area contributed by atoms with E-state index in [0.29, 0.717) is 17.2 Å². The van der Waals surface area contributed by atoms with Crippen molar-refractivity contribution < 1.29 is 22.7 Å². The second kappa shape index (κ2) is 8.81. The van der Waals surface area contributed by atoms with Crippen LogP contribution in [0.5, 0.6) is 5.75 Å². The van der Waals surface area contributed by atoms with Crippen LogP contribution in [0.25, 0.3) is 11.1 Å². The maximum absolute atomic E-state index is 12.8. The topological polar surface area (TPSA) is 80.2 Å². The fraction of sp³-hybridized carbons (Fsp3) is 0.273. The van der Waals surface area contributed by atoms with Crippen molar-refractivity contribution in [2.75, 3.05) is 23.3 Å². The molecule has 2 aromatic heterocycles. The smallest absolute Gasteiger partial charge is 0.406 e. The largest absolute Gasteiger partial charge is 0.573 e. The third kappa shape index (κ3) is 4.96. The lowest BCUT2D eigenvalue weighted by atomic mass is 9.96. The summed E-state index contributed by atoms with van der Waals surface area (Å²) >= 11 is 0. The third-order valence-electron chi connectivity index (χ3n) is 5.18. The molecule has 10 heteroatoms. The van der Waals surface area contributed by atoms with Crippen LogP contribution in [-0.2, 0) is 0 Å². The molecule has 0 radical (unpaired) electrons. The van der Waals surface area contributed by atoms with Gasteiger partial charge in [0.2, 0.25) is 0 Å². The zero-order valence-corrected chi connectivity index (χ0v) is 17.1. The molecule has 1 aromatic carbocycles. The molecule has 3 heterocycles. The van der Waals surface area contributed by atoms with E-state index >= 15 is 0 Å². The zero-order valence-electron chi connectivity index (χ0n) is 17.1. The first-order valence-corrected chi connectivity index (χ1v) is 10.00. The standard InChI is InChI=1S/C22H20F3N5O2/c1-2-14-11-30(12-14)20-19(16-8-26-13-27-9-16)7-15(10-28-20)21(31)29-17-3-5-18(6-4-17)32-22(23,24)25/h3-10,13-14H,2,11-12H2,1H3,(H,29,31). The van der Waals surface area contributed by atoms with E-state index in [1.54, 1.807) is 18.5 Å². The summed E-state index contributed by atoms with van der Waals surface area (Å²) in [6, 6.07) is 6.64. The number of halogens is 3. The molecule has 32 heavy (non-hydrogen) atoms. The summed E-state index contributed by atoms with van der Waals surface area (Å²) in [7, 11) is 0. The summed E-state index contributed by atoms with van der Waals surface area (Å²) in [5, 5.41) is 2.66. The van der Waals surface area contributed by atoms with Crippen molar-refractivity contribution >= 4 is 17.4 Å². The monoisotopic (exact) mass is 443 g/mol. The summed E-state index contributed by atoms with van der Waals surface area (Å²) in [4.78, 5) is 27.6. The van der Waals surface area contributed by atoms with Gasteiger partial charge < -0.3 is 15.0 Å². The SMILES string of the molecule is CCC1CN(c2ncc(C(=O)Nc3ccc(OC(F)(F)F)cc3)cc2-c2cncnc2)C1. The lowest BCUT2D eigenvalue weighted by Crippen LogP contribution is -2.47. The summed E-state index contributed by atoms with van der Waals surface area (Å²) in [6.45, 7) is 3.93. The van der Waals surface area contributed by atoms with E-state index in [0.717, 1.165) is 48.6 Å². The lowest BCUT2D eigenvalue weighted by molar-refractivity contribution is -0.274. The number of aromatic nitrogens is 3. The maximum Gasteiger partial charge on any atom is 0.573 e. The third-order valence-corrected chi connectivity index (χ3v) is 5.18. The van der Waals surface area contributed by atoms with Gasteiger partial charge >= 0.3 is 6.36 Å². The Morgan fingerprint density at radius 3 is 2.47 bits per heavy atom. The van der Waals surface area contributed by atoms with Crippen molar-refractivity contribution in [3.63, 3.8) is 0 Å². The predicted molar refractivity (Wildman–Crippen MR) is 112 cm³/mol. The van der Waals surface area contributed by atoms with E-state index in [2.05, 4.69) is 36.8 Å². The Bertz CT molecular complexity index is 1080. The van der Waals surface area contributed by atoms with Crippen LogP contribution in [0.4, 0.5) is 24.7 Å². The summed E-state index contributed by atoms with van der Waals surface area (Å²) in [5.41, 5.74) is 2.10. The molecule has 1 aliphatic rings. The highest BCUT2D eigenvalue weighted by Crippen LogP contribution is 2.34. The average molecular weight is 443 g/mol. The van der Waals surface area contributed by atoms with Gasteiger partial charge in [0.05, 0.1) is 5.56 Å². The van der Waals surface area contributed by atoms with Gasteiger partial charge in [0, 0.05) is 48.5 Å². The Labute approximate surface area is 182 Å². The minimum absolute atomic E-state index is 0.302. The van der Waals surface area contributed by atoms with Gasteiger partial charge in [-0.1, -0.05) is 6.92 Å². The number of carbonyl (C=O) groups excluding carboxylic acids is 1. The Morgan fingerprint density at radius 2 is 1.84 bits per heavy atom. The summed E-state index contributed by atoms with van der Waals surface area (Å²) < 4.78 is 40.7. The Hall–Kier alpha value is -3.69. The van der Waals surface area contributed by atoms with Crippen molar-refractivity contribution in [2.24, 2.45) is 5.92 Å². The first-order valence-electron chi connectivity index (χ1n) is 10.00. The Morgan fingerprint density at radius 1 is 1.16 bits per heavy atom. The van der Waals surface area contributed by atoms with Gasteiger partial charge in [-0.2, -0.15) is 0 Å². The van der Waals surface area contributed by atoms with Gasteiger partial charge in [0.1, 0.15) is 17.9 Å². The van der Waals surface area contributed by atoms with E-state index in [1.165, 1.54) is 24.7 Å². The van der Waals surface area contributed by atoms with Gasteiger partial charge in [-0.15, -0.1) is 13.2 Å². The average Bonchev–Trinajstić information content (AvgIpc) is 2.74. The number of hydrogen-bond acceptors (Lipinski definition) is 6. The molecular formula is C22H20F3N5O2. The number of anilines is 2. The number of nitrogens with one attached hydrogen (secondary N) is 1. The van der Waals surface area contributed by atoms with Crippen molar-refractivity contribution in [3.8, 4) is 16.9 Å². The number of nitrogens with zero attached hydrogens (tertiary/aromatic N) is 4. The predicted octanol–water partition coefficient (Wildman–Crippen LogP) is 4.54. The minimum Gasteiger partial charge on any atom is -0.406 e. The van der Waals surface area contributed by atoms with E-state index in [9.17, 15) is 18.0 Å². The number of carbonyl (C=O) groups is 1. The van der Waals surface area contributed by atoms with E-state index in [1.807, 2.05) is 0 Å². The summed E-state index contributed by atoms with van der Waals surface area (Å²) in [5.74, 6) is 0.563. The second-order valence-corrected chi connectivity index (χ2v) is 7.43. The van der Waals surface area contributed by atoms with Crippen LogP contribution in [-0.4, -0.2) is 40.3 Å². The molecule has 0 saturated carbocycles. The molecule has 1 aliphatic heterocycles. The van der Waals surface area contributed by atoms with E-state index < -0.39 is 12.3 Å². The molecule has 166 valence electrons. The number of hydrogen-bond donors (Lipinski definition) is 1. The van der Waals surface area contributed by atoms with Crippen molar-refractivity contribution in [3.05, 3.63) is 60.8 Å². The van der Waals surface area contributed by atoms with Gasteiger partial charge in [-0.25, -0.2) is 15.0 Å². The quantitative estimate of drug-likeness (QED) is 0.603. The van der Waals surface area contributed by atoms with Gasteiger partial charge in [-0.05, 0) is 42.7 Å². The van der Waals surface area contributed by atoms with Gasteiger partial charge in [-0.3, -0.25) is 4.79 Å². The molecule has 0 atom stereocenters. The number of rotatable bonds is 6. The van der Waals surface area contributed by atoms with Crippen LogP contribution in [0, 0.1) is 5.92 Å². The van der Waals surface area contributed by atoms with Crippen LogP contribution in [0.2, 0.25) is 0 Å². The zero-order chi connectivity index (χ0) is 22.7. The molecule has 3 aromatic rings. The highest BCUT2D eigenvalue weighted by molar-refractivity contribution is 6.05. The number of pyridine rings is 1. The van der Waals surface area contributed by atoms with Crippen LogP contribution in [0.15, 0.2) is 55.2 Å². The molecule has 0 aliphatic carbocycles. The Kier molecular flexibility index (Phi) is 5.93. The normalized spacial score (nSPS) is 14.1. The minimum atomic E-state index is -4.77. The van der Waals surface area contributed by atoms with Crippen LogP contribution in [0.3, 0.4) is 0 Å². The summed E-state index contributed by atoms with van der Waals surface area (Å²) in [6.07, 6.45) is 2.54. The molecule has 1 N–H and O–H groups in total. The van der Waals surface area contributed by atoms with Gasteiger partial charge in [0.15, 0.2) is 0 Å². The lowest BCUT2D eigenvalue weighted by Gasteiger charge is -2.40. The van der Waals surface area contributed by atoms with E-state index in [-0.39, 0.29) is 5.75 Å². The maximum atomic E-state index is 12.8.